The molecule has 0 spiro atoms. The van der Waals surface area contributed by atoms with Crippen molar-refractivity contribution >= 4 is 29.9 Å². The molecule has 1 fully saturated rings. The number of hydrogen-bond acceptors (Lipinski definition) is 1. The number of nitrogens with zero attached hydrogens (tertiary/aromatic N) is 2. The highest BCUT2D eigenvalue weighted by molar-refractivity contribution is 14.0. The third-order valence-electron chi connectivity index (χ3n) is 3.95. The molecule has 1 heterocycles. The first-order chi connectivity index (χ1) is 10.1. The number of nitrogens with two attached hydrogens (primary N) is 1. The second-order valence-electron chi connectivity index (χ2n) is 5.67. The van der Waals surface area contributed by atoms with Gasteiger partial charge in [-0.25, -0.2) is 8.78 Å². The molecular weight excluding hydrogens is 399 g/mol. The van der Waals surface area contributed by atoms with E-state index in [0.29, 0.717) is 18.1 Å². The number of benzene rings is 1. The third kappa shape index (κ3) is 5.37. The quantitative estimate of drug-likeness (QED) is 0.456. The second-order valence-corrected chi connectivity index (χ2v) is 5.67. The Balaban J connectivity index is 0.00000242. The Labute approximate surface area is 148 Å². The lowest BCUT2D eigenvalue weighted by Gasteiger charge is -2.21. The Kier molecular flexibility index (Phi) is 8.06. The van der Waals surface area contributed by atoms with E-state index in [9.17, 15) is 8.78 Å². The third-order valence-corrected chi connectivity index (χ3v) is 3.95. The zero-order chi connectivity index (χ0) is 15.2. The van der Waals surface area contributed by atoms with Gasteiger partial charge >= 0.3 is 0 Å². The normalized spacial score (nSPS) is 17.6. The van der Waals surface area contributed by atoms with Gasteiger partial charge in [0.05, 0.1) is 0 Å². The van der Waals surface area contributed by atoms with Gasteiger partial charge < -0.3 is 10.6 Å². The van der Waals surface area contributed by atoms with Crippen molar-refractivity contribution in [2.24, 2.45) is 10.7 Å². The fraction of sp³-hybridized carbons (Fsp3) is 0.562. The van der Waals surface area contributed by atoms with Crippen LogP contribution in [-0.2, 0) is 0 Å². The number of aliphatic imine (C=N–C) groups is 1. The van der Waals surface area contributed by atoms with Gasteiger partial charge in [-0.1, -0.05) is 25.8 Å². The monoisotopic (exact) mass is 423 g/mol. The van der Waals surface area contributed by atoms with Gasteiger partial charge in [-0.2, -0.15) is 0 Å². The van der Waals surface area contributed by atoms with E-state index in [1.807, 2.05) is 6.92 Å². The molecule has 1 aromatic carbocycles. The highest BCUT2D eigenvalue weighted by Crippen LogP contribution is 2.20. The molecule has 0 bridgehead atoms. The van der Waals surface area contributed by atoms with Crippen molar-refractivity contribution in [1.82, 2.24) is 4.90 Å². The van der Waals surface area contributed by atoms with Crippen LogP contribution in [-0.4, -0.2) is 30.5 Å². The van der Waals surface area contributed by atoms with Crippen LogP contribution in [0.3, 0.4) is 0 Å². The summed E-state index contributed by atoms with van der Waals surface area (Å²) in [7, 11) is 0. The zero-order valence-corrected chi connectivity index (χ0v) is 15.2. The van der Waals surface area contributed by atoms with Crippen molar-refractivity contribution in [2.75, 3.05) is 19.6 Å². The van der Waals surface area contributed by atoms with E-state index >= 15 is 0 Å². The Bertz CT molecular complexity index is 500. The molecule has 1 aliphatic heterocycles. The van der Waals surface area contributed by atoms with Gasteiger partial charge in [0, 0.05) is 31.6 Å². The van der Waals surface area contributed by atoms with Gasteiger partial charge in [-0.3, -0.25) is 4.99 Å². The molecule has 1 aromatic rings. The Morgan fingerprint density at radius 3 is 2.45 bits per heavy atom. The molecule has 0 radical (unpaired) electrons. The molecule has 2 rings (SSSR count). The molecule has 124 valence electrons. The molecule has 0 aromatic heterocycles. The van der Waals surface area contributed by atoms with E-state index in [1.165, 1.54) is 25.0 Å². The minimum Gasteiger partial charge on any atom is -0.370 e. The van der Waals surface area contributed by atoms with Crippen molar-refractivity contribution in [3.63, 3.8) is 0 Å². The van der Waals surface area contributed by atoms with Crippen LogP contribution in [0.15, 0.2) is 23.2 Å². The molecule has 2 N–H and O–H groups in total. The second kappa shape index (κ2) is 9.27. The summed E-state index contributed by atoms with van der Waals surface area (Å²) in [5.74, 6) is -0.676. The Morgan fingerprint density at radius 2 is 1.86 bits per heavy atom. The number of likely N-dealkylation sites (tertiary alicyclic amines) is 1. The van der Waals surface area contributed by atoms with Gasteiger partial charge in [-0.05, 0) is 24.5 Å². The van der Waals surface area contributed by atoms with Crippen LogP contribution in [0.4, 0.5) is 8.78 Å². The van der Waals surface area contributed by atoms with Crippen LogP contribution in [0.25, 0.3) is 0 Å². The van der Waals surface area contributed by atoms with Crippen LogP contribution in [0, 0.1) is 11.6 Å². The summed E-state index contributed by atoms with van der Waals surface area (Å²) in [6.07, 6.45) is 4.75. The van der Waals surface area contributed by atoms with Crippen molar-refractivity contribution < 1.29 is 8.78 Å². The molecular formula is C16H24F2IN3. The van der Waals surface area contributed by atoms with Crippen molar-refractivity contribution in [2.45, 2.75) is 38.5 Å². The summed E-state index contributed by atoms with van der Waals surface area (Å²) in [6.45, 7) is 4.16. The van der Waals surface area contributed by atoms with Gasteiger partial charge in [0.1, 0.15) is 11.6 Å². The Hall–Kier alpha value is -0.920. The lowest BCUT2D eigenvalue weighted by Crippen LogP contribution is -2.38. The largest absolute Gasteiger partial charge is 0.370 e. The number of hydrogen-bond donors (Lipinski definition) is 1. The van der Waals surface area contributed by atoms with Crippen LogP contribution in [0.5, 0.6) is 0 Å². The molecule has 3 nitrogen and oxygen atoms in total. The first-order valence-corrected chi connectivity index (χ1v) is 7.57. The van der Waals surface area contributed by atoms with Crippen LogP contribution in [0.2, 0.25) is 0 Å². The van der Waals surface area contributed by atoms with E-state index < -0.39 is 11.6 Å². The van der Waals surface area contributed by atoms with E-state index in [-0.39, 0.29) is 29.9 Å². The minimum atomic E-state index is -0.559. The van der Waals surface area contributed by atoms with Crippen molar-refractivity contribution in [3.8, 4) is 0 Å². The number of rotatable bonds is 3. The van der Waals surface area contributed by atoms with Gasteiger partial charge in [0.15, 0.2) is 5.96 Å². The average molecular weight is 423 g/mol. The molecule has 1 saturated heterocycles. The summed E-state index contributed by atoms with van der Waals surface area (Å²) in [4.78, 5) is 6.49. The predicted octanol–water partition coefficient (Wildman–Crippen LogP) is 3.88. The maximum Gasteiger partial charge on any atom is 0.191 e. The standard InChI is InChI=1S/C16H23F2N3.HI/c1-12(14-7-6-13(17)10-15(14)18)11-20-16(19)21-8-4-2-3-5-9-21;/h6-7,10,12H,2-5,8-9,11H2,1H3,(H2,19,20);1H. The lowest BCUT2D eigenvalue weighted by atomic mass is 10.0. The molecule has 1 atom stereocenters. The molecule has 0 amide bonds. The smallest absolute Gasteiger partial charge is 0.191 e. The van der Waals surface area contributed by atoms with E-state index in [2.05, 4.69) is 9.89 Å². The zero-order valence-electron chi connectivity index (χ0n) is 12.9. The maximum atomic E-state index is 13.7. The SMILES string of the molecule is CC(CN=C(N)N1CCCCCC1)c1ccc(F)cc1F.I. The number of guanidine groups is 1. The van der Waals surface area contributed by atoms with Crippen molar-refractivity contribution in [1.29, 1.82) is 0 Å². The lowest BCUT2D eigenvalue weighted by molar-refractivity contribution is 0.428. The first-order valence-electron chi connectivity index (χ1n) is 7.57. The molecule has 1 unspecified atom stereocenters. The summed E-state index contributed by atoms with van der Waals surface area (Å²) in [5.41, 5.74) is 6.50. The Morgan fingerprint density at radius 1 is 1.23 bits per heavy atom. The summed E-state index contributed by atoms with van der Waals surface area (Å²) in [5, 5.41) is 0. The number of halogens is 3. The maximum absolute atomic E-state index is 13.7. The first kappa shape index (κ1) is 19.1. The van der Waals surface area contributed by atoms with Crippen LogP contribution in [0.1, 0.15) is 44.1 Å². The average Bonchev–Trinajstić information content (AvgIpc) is 2.73. The summed E-state index contributed by atoms with van der Waals surface area (Å²) in [6, 6.07) is 3.66. The van der Waals surface area contributed by atoms with E-state index in [4.69, 9.17) is 5.73 Å². The molecule has 22 heavy (non-hydrogen) atoms. The van der Waals surface area contributed by atoms with E-state index in [0.717, 1.165) is 32.0 Å². The fourth-order valence-electron chi connectivity index (χ4n) is 2.63. The summed E-state index contributed by atoms with van der Waals surface area (Å²) < 4.78 is 26.6. The molecule has 6 heteroatoms. The van der Waals surface area contributed by atoms with Gasteiger partial charge in [0.25, 0.3) is 0 Å². The molecule has 0 aliphatic carbocycles. The van der Waals surface area contributed by atoms with Crippen molar-refractivity contribution in [3.05, 3.63) is 35.4 Å². The van der Waals surface area contributed by atoms with Crippen LogP contribution < -0.4 is 5.73 Å². The topological polar surface area (TPSA) is 41.6 Å². The molecule has 0 saturated carbocycles. The minimum absolute atomic E-state index is 0. The van der Waals surface area contributed by atoms with Gasteiger partial charge in [0.2, 0.25) is 0 Å². The highest BCUT2D eigenvalue weighted by Gasteiger charge is 2.14. The van der Waals surface area contributed by atoms with Gasteiger partial charge in [-0.15, -0.1) is 24.0 Å². The fourth-order valence-corrected chi connectivity index (χ4v) is 2.63. The molecule has 1 aliphatic rings. The highest BCUT2D eigenvalue weighted by atomic mass is 127. The van der Waals surface area contributed by atoms with E-state index in [1.54, 1.807) is 0 Å². The van der Waals surface area contributed by atoms with Crippen LogP contribution >= 0.6 is 24.0 Å². The summed E-state index contributed by atoms with van der Waals surface area (Å²) >= 11 is 0. The predicted molar refractivity (Wildman–Crippen MR) is 96.7 cm³/mol.